The summed E-state index contributed by atoms with van der Waals surface area (Å²) in [4.78, 5) is 30.3. The summed E-state index contributed by atoms with van der Waals surface area (Å²) in [6.45, 7) is 7.30. The third kappa shape index (κ3) is 9.01. The molecule has 4 rings (SSSR count). The number of aryl methyl sites for hydroxylation is 2. The lowest BCUT2D eigenvalue weighted by molar-refractivity contribution is -0.140. The Kier molecular flexibility index (Phi) is 12.2. The molecule has 0 aliphatic heterocycles. The van der Waals surface area contributed by atoms with Crippen LogP contribution in [0.5, 0.6) is 5.75 Å². The smallest absolute Gasteiger partial charge is 0.264 e. The van der Waals surface area contributed by atoms with E-state index in [2.05, 4.69) is 5.32 Å². The number of benzene rings is 4. The van der Waals surface area contributed by atoms with Crippen molar-refractivity contribution in [1.82, 2.24) is 10.2 Å². The summed E-state index contributed by atoms with van der Waals surface area (Å²) in [6.07, 6.45) is 1.52. The molecule has 0 fully saturated rings. The SMILES string of the molecule is CCc1ccccc1N(CC(=O)N(Cc1cccc(OC)c1)[C@H](Cc1ccccc1)C(=O)N[C@@H](C)CC)S(=O)(=O)c1ccc(C)cc1. The second-order valence-electron chi connectivity index (χ2n) is 11.7. The lowest BCUT2D eigenvalue weighted by atomic mass is 10.0. The van der Waals surface area contributed by atoms with Crippen molar-refractivity contribution in [2.24, 2.45) is 0 Å². The van der Waals surface area contributed by atoms with Crippen LogP contribution >= 0.6 is 0 Å². The zero-order valence-electron chi connectivity index (χ0n) is 27.8. The summed E-state index contributed by atoms with van der Waals surface area (Å²) in [6, 6.07) is 29.6. The van der Waals surface area contributed by atoms with E-state index in [1.54, 1.807) is 43.5 Å². The van der Waals surface area contributed by atoms with Crippen molar-refractivity contribution in [3.63, 3.8) is 0 Å². The van der Waals surface area contributed by atoms with Crippen molar-refractivity contribution in [2.45, 2.75) is 70.5 Å². The average Bonchev–Trinajstić information content (AvgIpc) is 3.09. The van der Waals surface area contributed by atoms with Crippen LogP contribution in [0.4, 0.5) is 5.69 Å². The number of hydrogen-bond donors (Lipinski definition) is 1. The van der Waals surface area contributed by atoms with Crippen LogP contribution in [-0.4, -0.2) is 50.9 Å². The third-order valence-electron chi connectivity index (χ3n) is 8.29. The molecule has 248 valence electrons. The molecule has 8 nitrogen and oxygen atoms in total. The van der Waals surface area contributed by atoms with Crippen LogP contribution in [0.25, 0.3) is 0 Å². The monoisotopic (exact) mass is 655 g/mol. The molecule has 0 saturated carbocycles. The van der Waals surface area contributed by atoms with E-state index in [1.807, 2.05) is 94.4 Å². The molecule has 0 aliphatic carbocycles. The molecule has 1 N–H and O–H groups in total. The van der Waals surface area contributed by atoms with E-state index in [-0.39, 0.29) is 29.8 Å². The van der Waals surface area contributed by atoms with Gasteiger partial charge in [0, 0.05) is 19.0 Å². The Bertz CT molecular complexity index is 1740. The summed E-state index contributed by atoms with van der Waals surface area (Å²) in [5.41, 5.74) is 3.75. The van der Waals surface area contributed by atoms with E-state index in [4.69, 9.17) is 4.74 Å². The van der Waals surface area contributed by atoms with Crippen LogP contribution in [0.1, 0.15) is 49.4 Å². The van der Waals surface area contributed by atoms with E-state index in [1.165, 1.54) is 9.21 Å². The van der Waals surface area contributed by atoms with Crippen molar-refractivity contribution in [3.05, 3.63) is 125 Å². The Morgan fingerprint density at radius 2 is 1.51 bits per heavy atom. The van der Waals surface area contributed by atoms with Gasteiger partial charge in [0.1, 0.15) is 18.3 Å². The third-order valence-corrected chi connectivity index (χ3v) is 10.1. The Morgan fingerprint density at radius 3 is 2.17 bits per heavy atom. The maximum Gasteiger partial charge on any atom is 0.264 e. The van der Waals surface area contributed by atoms with Gasteiger partial charge in [-0.1, -0.05) is 92.2 Å². The van der Waals surface area contributed by atoms with Gasteiger partial charge in [-0.05, 0) is 73.7 Å². The second-order valence-corrected chi connectivity index (χ2v) is 13.6. The molecule has 4 aromatic rings. The molecule has 2 amide bonds. The number of ether oxygens (including phenoxy) is 1. The number of nitrogens with one attached hydrogen (secondary N) is 1. The molecule has 0 bridgehead atoms. The van der Waals surface area contributed by atoms with Gasteiger partial charge in [-0.3, -0.25) is 13.9 Å². The molecular formula is C38H45N3O5S. The van der Waals surface area contributed by atoms with Crippen molar-refractivity contribution in [2.75, 3.05) is 18.0 Å². The molecule has 9 heteroatoms. The molecule has 0 spiro atoms. The number of carbonyl (C=O) groups is 2. The second kappa shape index (κ2) is 16.3. The molecule has 0 aromatic heterocycles. The van der Waals surface area contributed by atoms with Gasteiger partial charge in [0.15, 0.2) is 0 Å². The number of amides is 2. The summed E-state index contributed by atoms with van der Waals surface area (Å²) < 4.78 is 35.3. The first-order valence-electron chi connectivity index (χ1n) is 16.0. The summed E-state index contributed by atoms with van der Waals surface area (Å²) in [7, 11) is -2.61. The number of hydrogen-bond acceptors (Lipinski definition) is 5. The minimum atomic E-state index is -4.18. The van der Waals surface area contributed by atoms with Crippen LogP contribution in [0, 0.1) is 6.92 Å². The Balaban J connectivity index is 1.84. The zero-order valence-corrected chi connectivity index (χ0v) is 28.7. The lowest BCUT2D eigenvalue weighted by Crippen LogP contribution is -2.54. The van der Waals surface area contributed by atoms with E-state index in [9.17, 15) is 18.0 Å². The minimum Gasteiger partial charge on any atom is -0.497 e. The number of nitrogens with zero attached hydrogens (tertiary/aromatic N) is 2. The first-order chi connectivity index (χ1) is 22.6. The van der Waals surface area contributed by atoms with Gasteiger partial charge in [-0.15, -0.1) is 0 Å². The molecule has 0 saturated heterocycles. The van der Waals surface area contributed by atoms with Crippen molar-refractivity contribution >= 4 is 27.5 Å². The molecule has 2 atom stereocenters. The Hall–Kier alpha value is -4.63. The predicted molar refractivity (Wildman–Crippen MR) is 187 cm³/mol. The highest BCUT2D eigenvalue weighted by molar-refractivity contribution is 7.92. The number of anilines is 1. The molecule has 4 aromatic carbocycles. The average molecular weight is 656 g/mol. The first-order valence-corrected chi connectivity index (χ1v) is 17.4. The normalized spacial score (nSPS) is 12.5. The minimum absolute atomic E-state index is 0.0648. The Labute approximate surface area is 279 Å². The molecule has 0 unspecified atom stereocenters. The molecule has 0 radical (unpaired) electrons. The number of rotatable bonds is 15. The maximum absolute atomic E-state index is 14.7. The summed E-state index contributed by atoms with van der Waals surface area (Å²) in [5, 5.41) is 3.07. The molecule has 0 heterocycles. The van der Waals surface area contributed by atoms with Gasteiger partial charge < -0.3 is 15.0 Å². The van der Waals surface area contributed by atoms with Gasteiger partial charge in [-0.2, -0.15) is 0 Å². The van der Waals surface area contributed by atoms with Gasteiger partial charge >= 0.3 is 0 Å². The largest absolute Gasteiger partial charge is 0.497 e. The van der Waals surface area contributed by atoms with Crippen LogP contribution in [0.3, 0.4) is 0 Å². The first kappa shape index (κ1) is 35.2. The molecule has 0 aliphatic rings. The van der Waals surface area contributed by atoms with Crippen LogP contribution in [0.2, 0.25) is 0 Å². The van der Waals surface area contributed by atoms with E-state index >= 15 is 0 Å². The van der Waals surface area contributed by atoms with Gasteiger partial charge in [0.2, 0.25) is 11.8 Å². The number of para-hydroxylation sites is 1. The molecule has 47 heavy (non-hydrogen) atoms. The fourth-order valence-corrected chi connectivity index (χ4v) is 6.82. The van der Waals surface area contributed by atoms with Crippen molar-refractivity contribution in [1.29, 1.82) is 0 Å². The van der Waals surface area contributed by atoms with Gasteiger partial charge in [-0.25, -0.2) is 8.42 Å². The fourth-order valence-electron chi connectivity index (χ4n) is 5.37. The van der Waals surface area contributed by atoms with E-state index < -0.39 is 28.5 Å². The van der Waals surface area contributed by atoms with Gasteiger partial charge in [0.05, 0.1) is 17.7 Å². The topological polar surface area (TPSA) is 96.0 Å². The fraction of sp³-hybridized carbons (Fsp3) is 0.316. The lowest BCUT2D eigenvalue weighted by Gasteiger charge is -2.34. The zero-order chi connectivity index (χ0) is 34.0. The van der Waals surface area contributed by atoms with E-state index in [0.717, 1.165) is 22.3 Å². The number of methoxy groups -OCH3 is 1. The van der Waals surface area contributed by atoms with Crippen molar-refractivity contribution < 1.29 is 22.7 Å². The van der Waals surface area contributed by atoms with Crippen LogP contribution in [0.15, 0.2) is 108 Å². The van der Waals surface area contributed by atoms with Gasteiger partial charge in [0.25, 0.3) is 10.0 Å². The highest BCUT2D eigenvalue weighted by atomic mass is 32.2. The maximum atomic E-state index is 14.7. The quantitative estimate of drug-likeness (QED) is 0.162. The van der Waals surface area contributed by atoms with Crippen LogP contribution < -0.4 is 14.4 Å². The number of carbonyl (C=O) groups excluding carboxylic acids is 2. The summed E-state index contributed by atoms with van der Waals surface area (Å²) >= 11 is 0. The number of sulfonamides is 1. The van der Waals surface area contributed by atoms with E-state index in [0.29, 0.717) is 24.3 Å². The predicted octanol–water partition coefficient (Wildman–Crippen LogP) is 6.32. The highest BCUT2D eigenvalue weighted by Gasteiger charge is 2.35. The molecular weight excluding hydrogens is 611 g/mol. The Morgan fingerprint density at radius 1 is 0.851 bits per heavy atom. The standard InChI is InChI=1S/C38H45N3O5S/c1-6-29(4)39-38(43)36(25-30-14-9-8-10-15-30)40(26-31-16-13-18-33(24-31)46-5)37(42)27-41(35-19-12-11-17-32(35)7-2)47(44,45)34-22-20-28(3)21-23-34/h8-24,29,36H,6-7,25-27H2,1-5H3,(H,39,43)/t29-,36+/m0/s1. The highest BCUT2D eigenvalue weighted by Crippen LogP contribution is 2.29. The van der Waals surface area contributed by atoms with Crippen LogP contribution in [-0.2, 0) is 39.0 Å². The van der Waals surface area contributed by atoms with Crippen molar-refractivity contribution in [3.8, 4) is 5.75 Å². The summed E-state index contributed by atoms with van der Waals surface area (Å²) in [5.74, 6) is -0.199.